The van der Waals surface area contributed by atoms with E-state index in [9.17, 15) is 0 Å². The molecule has 0 saturated heterocycles. The van der Waals surface area contributed by atoms with Crippen LogP contribution in [-0.2, 0) is 0 Å². The summed E-state index contributed by atoms with van der Waals surface area (Å²) in [7, 11) is 0. The van der Waals surface area contributed by atoms with Crippen LogP contribution in [0, 0.1) is 11.3 Å². The Kier molecular flexibility index (Phi) is 2.98. The minimum atomic E-state index is 0.451. The molecule has 2 unspecified atom stereocenters. The molecule has 0 aliphatic heterocycles. The number of rotatable bonds is 2. The molecule has 0 aromatic heterocycles. The molecule has 0 heterocycles. The summed E-state index contributed by atoms with van der Waals surface area (Å²) >= 11 is 0. The molecule has 0 heteroatoms. The fraction of sp³-hybridized carbons (Fsp3) is 0.833. The van der Waals surface area contributed by atoms with Crippen LogP contribution in [0.15, 0.2) is 12.2 Å². The fourth-order valence-electron chi connectivity index (χ4n) is 2.62. The third-order valence-electron chi connectivity index (χ3n) is 3.87. The van der Waals surface area contributed by atoms with E-state index in [4.69, 9.17) is 0 Å². The largest absolute Gasteiger partial charge is 0.0996 e. The van der Waals surface area contributed by atoms with Crippen LogP contribution in [0.3, 0.4) is 0 Å². The fourth-order valence-corrected chi connectivity index (χ4v) is 2.62. The summed E-state index contributed by atoms with van der Waals surface area (Å²) in [6.07, 6.45) is 6.94. The molecule has 1 rings (SSSR count). The van der Waals surface area contributed by atoms with Crippen molar-refractivity contribution >= 4 is 0 Å². The van der Waals surface area contributed by atoms with Gasteiger partial charge in [0.15, 0.2) is 0 Å². The summed E-state index contributed by atoms with van der Waals surface area (Å²) in [5.41, 5.74) is 1.85. The van der Waals surface area contributed by atoms with Gasteiger partial charge >= 0.3 is 0 Å². The first-order chi connectivity index (χ1) is 5.61. The van der Waals surface area contributed by atoms with E-state index in [1.807, 2.05) is 0 Å². The van der Waals surface area contributed by atoms with Crippen molar-refractivity contribution in [2.45, 2.75) is 52.9 Å². The minimum Gasteiger partial charge on any atom is -0.0996 e. The van der Waals surface area contributed by atoms with Gasteiger partial charge in [-0.1, -0.05) is 45.3 Å². The summed E-state index contributed by atoms with van der Waals surface area (Å²) < 4.78 is 0. The molecule has 0 N–H and O–H groups in total. The van der Waals surface area contributed by atoms with Gasteiger partial charge < -0.3 is 0 Å². The second-order valence-corrected chi connectivity index (χ2v) is 4.55. The van der Waals surface area contributed by atoms with Crippen molar-refractivity contribution in [2.24, 2.45) is 11.3 Å². The van der Waals surface area contributed by atoms with Crippen LogP contribution in [0.2, 0.25) is 0 Å². The molecule has 0 spiro atoms. The Hall–Kier alpha value is -0.260. The van der Waals surface area contributed by atoms with E-state index in [1.54, 1.807) is 0 Å². The van der Waals surface area contributed by atoms with Gasteiger partial charge in [-0.25, -0.2) is 0 Å². The van der Waals surface area contributed by atoms with Gasteiger partial charge in [0.05, 0.1) is 0 Å². The van der Waals surface area contributed by atoms with Crippen LogP contribution in [0.25, 0.3) is 0 Å². The maximum absolute atomic E-state index is 4.15. The number of hydrogen-bond donors (Lipinski definition) is 0. The average Bonchev–Trinajstić information content (AvgIpc) is 2.05. The van der Waals surface area contributed by atoms with E-state index < -0.39 is 0 Å². The van der Waals surface area contributed by atoms with Gasteiger partial charge in [0.25, 0.3) is 0 Å². The predicted octanol–water partition coefficient (Wildman–Crippen LogP) is 4.17. The average molecular weight is 166 g/mol. The summed E-state index contributed by atoms with van der Waals surface area (Å²) in [6, 6.07) is 0. The highest BCUT2D eigenvalue weighted by Crippen LogP contribution is 2.46. The maximum atomic E-state index is 4.15. The molecule has 0 nitrogen and oxygen atoms in total. The van der Waals surface area contributed by atoms with E-state index in [2.05, 4.69) is 27.4 Å². The summed E-state index contributed by atoms with van der Waals surface area (Å²) in [5, 5.41) is 0. The molecule has 70 valence electrons. The van der Waals surface area contributed by atoms with Crippen molar-refractivity contribution < 1.29 is 0 Å². The van der Waals surface area contributed by atoms with Gasteiger partial charge in [-0.3, -0.25) is 0 Å². The van der Waals surface area contributed by atoms with Gasteiger partial charge in [0, 0.05) is 0 Å². The zero-order valence-electron chi connectivity index (χ0n) is 8.82. The molecule has 1 fully saturated rings. The van der Waals surface area contributed by atoms with Crippen LogP contribution in [0.1, 0.15) is 52.9 Å². The Labute approximate surface area is 77.1 Å². The molecule has 0 aromatic carbocycles. The second kappa shape index (κ2) is 3.64. The first kappa shape index (κ1) is 9.83. The molecule has 1 aliphatic rings. The van der Waals surface area contributed by atoms with E-state index in [0.717, 1.165) is 5.92 Å². The Morgan fingerprint density at radius 2 is 2.17 bits per heavy atom. The molecule has 12 heavy (non-hydrogen) atoms. The Bertz CT molecular complexity index is 169. The van der Waals surface area contributed by atoms with E-state index in [0.29, 0.717) is 5.41 Å². The van der Waals surface area contributed by atoms with Gasteiger partial charge in [0.1, 0.15) is 0 Å². The normalized spacial score (nSPS) is 36.4. The summed E-state index contributed by atoms with van der Waals surface area (Å²) in [6.45, 7) is 11.1. The molecule has 2 atom stereocenters. The molecule has 0 bridgehead atoms. The zero-order chi connectivity index (χ0) is 9.19. The van der Waals surface area contributed by atoms with Crippen molar-refractivity contribution in [3.8, 4) is 0 Å². The van der Waals surface area contributed by atoms with Crippen LogP contribution >= 0.6 is 0 Å². The Morgan fingerprint density at radius 3 is 2.58 bits per heavy atom. The molecule has 1 saturated carbocycles. The highest BCUT2D eigenvalue weighted by Gasteiger charge is 2.35. The van der Waals surface area contributed by atoms with Crippen molar-refractivity contribution in [3.63, 3.8) is 0 Å². The van der Waals surface area contributed by atoms with Gasteiger partial charge in [-0.2, -0.15) is 0 Å². The highest BCUT2D eigenvalue weighted by atomic mass is 14.4. The lowest BCUT2D eigenvalue weighted by molar-refractivity contribution is 0.154. The summed E-state index contributed by atoms with van der Waals surface area (Å²) in [5.74, 6) is 0.892. The van der Waals surface area contributed by atoms with Crippen LogP contribution in [0.4, 0.5) is 0 Å². The quantitative estimate of drug-likeness (QED) is 0.540. The van der Waals surface area contributed by atoms with Crippen LogP contribution in [-0.4, -0.2) is 0 Å². The highest BCUT2D eigenvalue weighted by molar-refractivity contribution is 5.09. The third-order valence-corrected chi connectivity index (χ3v) is 3.87. The number of allylic oxidation sites excluding steroid dienone is 1. The van der Waals surface area contributed by atoms with Crippen molar-refractivity contribution in [1.29, 1.82) is 0 Å². The molecule has 0 amide bonds. The molecule has 0 aromatic rings. The monoisotopic (exact) mass is 166 g/mol. The molecule has 0 radical (unpaired) electrons. The first-order valence-corrected chi connectivity index (χ1v) is 5.27. The lowest BCUT2D eigenvalue weighted by Gasteiger charge is -2.42. The lowest BCUT2D eigenvalue weighted by Crippen LogP contribution is -2.31. The van der Waals surface area contributed by atoms with Crippen LogP contribution in [0.5, 0.6) is 0 Å². The Morgan fingerprint density at radius 1 is 1.50 bits per heavy atom. The number of hydrogen-bond acceptors (Lipinski definition) is 0. The minimum absolute atomic E-state index is 0.451. The molecular weight excluding hydrogens is 144 g/mol. The zero-order valence-corrected chi connectivity index (χ0v) is 8.82. The molecular formula is C12H22. The maximum Gasteiger partial charge on any atom is -0.00937 e. The standard InChI is InChI=1S/C12H22/c1-5-11-8-6-7-9-12(11,4)10(2)3/h11H,2,5-9H2,1,3-4H3. The predicted molar refractivity (Wildman–Crippen MR) is 55.2 cm³/mol. The van der Waals surface area contributed by atoms with Gasteiger partial charge in [0.2, 0.25) is 0 Å². The van der Waals surface area contributed by atoms with E-state index in [1.165, 1.54) is 37.7 Å². The Balaban J connectivity index is 2.75. The van der Waals surface area contributed by atoms with Crippen molar-refractivity contribution in [1.82, 2.24) is 0 Å². The molecule has 1 aliphatic carbocycles. The SMILES string of the molecule is C=C(C)C1(C)CCCCC1CC. The van der Waals surface area contributed by atoms with Gasteiger partial charge in [-0.05, 0) is 31.1 Å². The van der Waals surface area contributed by atoms with Gasteiger partial charge in [-0.15, -0.1) is 0 Å². The van der Waals surface area contributed by atoms with E-state index >= 15 is 0 Å². The topological polar surface area (TPSA) is 0 Å². The van der Waals surface area contributed by atoms with Crippen molar-refractivity contribution in [2.75, 3.05) is 0 Å². The second-order valence-electron chi connectivity index (χ2n) is 4.55. The van der Waals surface area contributed by atoms with E-state index in [-0.39, 0.29) is 0 Å². The van der Waals surface area contributed by atoms with Crippen LogP contribution < -0.4 is 0 Å². The lowest BCUT2D eigenvalue weighted by atomic mass is 9.63. The summed E-state index contributed by atoms with van der Waals surface area (Å²) in [4.78, 5) is 0. The first-order valence-electron chi connectivity index (χ1n) is 5.27. The van der Waals surface area contributed by atoms with Crippen molar-refractivity contribution in [3.05, 3.63) is 12.2 Å². The third kappa shape index (κ3) is 1.57. The smallest absolute Gasteiger partial charge is 0.00937 e.